The van der Waals surface area contributed by atoms with Gasteiger partial charge in [-0.05, 0) is 115 Å². The molecule has 1 saturated heterocycles. The third-order valence-electron chi connectivity index (χ3n) is 5.81. The summed E-state index contributed by atoms with van der Waals surface area (Å²) in [5, 5.41) is 10.3. The van der Waals surface area contributed by atoms with E-state index in [4.69, 9.17) is 4.74 Å². The van der Waals surface area contributed by atoms with Crippen molar-refractivity contribution < 1.29 is 23.5 Å². The first-order valence-electron chi connectivity index (χ1n) is 14.1. The van der Waals surface area contributed by atoms with Crippen molar-refractivity contribution in [2.75, 3.05) is 26.4 Å². The molecular weight excluding hydrogens is 625 g/mol. The van der Waals surface area contributed by atoms with Crippen molar-refractivity contribution in [2.45, 2.75) is 104 Å². The van der Waals surface area contributed by atoms with Gasteiger partial charge >= 0.3 is 5.97 Å². The Hall–Kier alpha value is -2.31. The fourth-order valence-corrected chi connectivity index (χ4v) is 4.90. The lowest BCUT2D eigenvalue weighted by Gasteiger charge is -2.29. The second-order valence-electron chi connectivity index (χ2n) is 11.6. The maximum Gasteiger partial charge on any atom is 0.303 e. The molecule has 9 nitrogen and oxygen atoms in total. The van der Waals surface area contributed by atoms with Gasteiger partial charge in [-0.25, -0.2) is 14.1 Å². The lowest BCUT2D eigenvalue weighted by Crippen LogP contribution is -2.31. The van der Waals surface area contributed by atoms with E-state index in [1.807, 2.05) is 79.3 Å². The molecule has 4 rings (SSSR count). The van der Waals surface area contributed by atoms with Gasteiger partial charge in [-0.2, -0.15) is 0 Å². The molecule has 0 unspecified atom stereocenters. The van der Waals surface area contributed by atoms with Crippen LogP contribution in [0, 0.1) is 12.7 Å². The van der Waals surface area contributed by atoms with E-state index in [0.29, 0.717) is 16.5 Å². The second kappa shape index (κ2) is 16.5. The number of rotatable bonds is 3. The molecule has 3 aromatic rings. The number of carbonyl (C=O) groups is 2. The molecule has 0 radical (unpaired) electrons. The van der Waals surface area contributed by atoms with Gasteiger partial charge in [-0.3, -0.25) is 9.59 Å². The summed E-state index contributed by atoms with van der Waals surface area (Å²) >= 11 is 4.81. The van der Waals surface area contributed by atoms with Crippen molar-refractivity contribution >= 4 is 62.1 Å². The number of pyridine rings is 1. The highest BCUT2D eigenvalue weighted by atomic mass is 79.9. The first-order valence-corrected chi connectivity index (χ1v) is 16.1. The highest BCUT2D eigenvalue weighted by molar-refractivity contribution is 9.10. The number of ether oxygens (including phenoxy) is 2. The minimum absolute atomic E-state index is 0.225. The number of aryl methyl sites for hydroxylation is 1. The van der Waals surface area contributed by atoms with Crippen LogP contribution in [0.25, 0.3) is 21.9 Å². The summed E-state index contributed by atoms with van der Waals surface area (Å²) in [6.45, 7) is 20.8. The smallest absolute Gasteiger partial charge is 0.303 e. The standard InChI is InChI=1S/C17H19BrFN5S.C6H12O2.C5H10O2.C2H6/c1-9-8-11-14(13(19)12(9)18)20-17(25-3)15-16(11)24(22-21-15)10-4-6-23(2)7-5-10;1-5(7)8-6(2,3)4;1-5(2,3)7-4-6;1-2/h8,10H,4-7H2,1-3H3;1-4H3;4H,1-3H3;1-2H3. The van der Waals surface area contributed by atoms with Gasteiger partial charge in [0.2, 0.25) is 0 Å². The number of benzene rings is 1. The monoisotopic (exact) mass is 671 g/mol. The highest BCUT2D eigenvalue weighted by Gasteiger charge is 2.25. The van der Waals surface area contributed by atoms with Gasteiger partial charge in [0.05, 0.1) is 10.5 Å². The fourth-order valence-electron chi connectivity index (χ4n) is 4.09. The van der Waals surface area contributed by atoms with E-state index >= 15 is 0 Å². The molecule has 0 saturated carbocycles. The highest BCUT2D eigenvalue weighted by Crippen LogP contribution is 2.36. The van der Waals surface area contributed by atoms with E-state index in [2.05, 4.69) is 47.9 Å². The number of esters is 1. The molecule has 42 heavy (non-hydrogen) atoms. The molecule has 12 heteroatoms. The number of hydrogen-bond acceptors (Lipinski definition) is 9. The number of aromatic nitrogens is 4. The first-order chi connectivity index (χ1) is 19.5. The lowest BCUT2D eigenvalue weighted by atomic mass is 10.0. The molecule has 2 aromatic heterocycles. The Morgan fingerprint density at radius 2 is 1.69 bits per heavy atom. The summed E-state index contributed by atoms with van der Waals surface area (Å²) in [6.07, 6.45) is 3.97. The van der Waals surface area contributed by atoms with E-state index in [-0.39, 0.29) is 29.0 Å². The number of carbonyl (C=O) groups excluding carboxylic acids is 2. The van der Waals surface area contributed by atoms with Crippen molar-refractivity contribution in [1.29, 1.82) is 0 Å². The Morgan fingerprint density at radius 3 is 2.10 bits per heavy atom. The summed E-state index contributed by atoms with van der Waals surface area (Å²) < 4.78 is 26.7. The molecule has 0 bridgehead atoms. The predicted octanol–water partition coefficient (Wildman–Crippen LogP) is 7.51. The minimum Gasteiger partial charge on any atom is -0.462 e. The van der Waals surface area contributed by atoms with Crippen LogP contribution in [0.2, 0.25) is 0 Å². The molecule has 3 heterocycles. The Labute approximate surface area is 262 Å². The zero-order valence-corrected chi connectivity index (χ0v) is 29.5. The van der Waals surface area contributed by atoms with Crippen LogP contribution in [0.5, 0.6) is 0 Å². The molecule has 0 amide bonds. The van der Waals surface area contributed by atoms with E-state index < -0.39 is 0 Å². The van der Waals surface area contributed by atoms with Gasteiger partial charge in [0.1, 0.15) is 32.8 Å². The van der Waals surface area contributed by atoms with Crippen LogP contribution in [0.3, 0.4) is 0 Å². The van der Waals surface area contributed by atoms with E-state index in [9.17, 15) is 14.0 Å². The largest absolute Gasteiger partial charge is 0.462 e. The van der Waals surface area contributed by atoms with Crippen molar-refractivity contribution in [1.82, 2.24) is 24.9 Å². The van der Waals surface area contributed by atoms with Crippen LogP contribution < -0.4 is 0 Å². The van der Waals surface area contributed by atoms with E-state index in [0.717, 1.165) is 52.9 Å². The van der Waals surface area contributed by atoms with Crippen molar-refractivity contribution in [2.24, 2.45) is 0 Å². The molecule has 1 aliphatic heterocycles. The second-order valence-corrected chi connectivity index (χ2v) is 13.2. The molecule has 1 fully saturated rings. The summed E-state index contributed by atoms with van der Waals surface area (Å²) in [7, 11) is 2.14. The molecule has 0 atom stereocenters. The fraction of sp³-hybridized carbons (Fsp3) is 0.633. The number of thioether (sulfide) groups is 1. The molecule has 236 valence electrons. The molecule has 0 aliphatic carbocycles. The van der Waals surface area contributed by atoms with Crippen LogP contribution in [-0.4, -0.2) is 74.9 Å². The SMILES string of the molecule is CC.CC(=O)OC(C)(C)C.CC(C)(C)OC=O.CSc1nc2c(F)c(Br)c(C)cc2c2c1nnn2C1CCN(C)CC1. The maximum atomic E-state index is 14.9. The molecule has 0 N–H and O–H groups in total. The van der Waals surface area contributed by atoms with Crippen molar-refractivity contribution in [3.63, 3.8) is 0 Å². The number of hydrogen-bond donors (Lipinski definition) is 0. The normalized spacial score (nSPS) is 14.1. The number of fused-ring (bicyclic) bond motifs is 3. The Kier molecular flexibility index (Phi) is 14.8. The Morgan fingerprint density at radius 1 is 1.12 bits per heavy atom. The summed E-state index contributed by atoms with van der Waals surface area (Å²) in [5.74, 6) is -0.541. The van der Waals surface area contributed by atoms with Gasteiger partial charge in [0.25, 0.3) is 6.47 Å². The van der Waals surface area contributed by atoms with Crippen molar-refractivity contribution in [3.8, 4) is 0 Å². The van der Waals surface area contributed by atoms with Crippen LogP contribution >= 0.6 is 27.7 Å². The van der Waals surface area contributed by atoms with Crippen LogP contribution in [-0.2, 0) is 19.1 Å². The zero-order chi connectivity index (χ0) is 32.4. The molecular formula is C30H47BrFN5O4S. The number of piperidine rings is 1. The third-order valence-corrected chi connectivity index (χ3v) is 7.45. The number of halogens is 2. The van der Waals surface area contributed by atoms with Gasteiger partial charge in [-0.15, -0.1) is 16.9 Å². The number of nitrogens with zero attached hydrogens (tertiary/aromatic N) is 5. The topological polar surface area (TPSA) is 99.4 Å². The molecule has 0 spiro atoms. The predicted molar refractivity (Wildman–Crippen MR) is 173 cm³/mol. The van der Waals surface area contributed by atoms with E-state index in [1.165, 1.54) is 18.7 Å². The Bertz CT molecular complexity index is 1330. The molecule has 1 aliphatic rings. The average Bonchev–Trinajstić information content (AvgIpc) is 3.33. The van der Waals surface area contributed by atoms with Gasteiger partial charge < -0.3 is 14.4 Å². The van der Waals surface area contributed by atoms with Gasteiger partial charge in [0.15, 0.2) is 5.82 Å². The lowest BCUT2D eigenvalue weighted by molar-refractivity contribution is -0.152. The van der Waals surface area contributed by atoms with Crippen molar-refractivity contribution in [3.05, 3.63) is 21.9 Å². The number of likely N-dealkylation sites (tertiary alicyclic amines) is 1. The summed E-state index contributed by atoms with van der Waals surface area (Å²) in [5.41, 5.74) is 2.25. The third kappa shape index (κ3) is 11.1. The van der Waals surface area contributed by atoms with Crippen LogP contribution in [0.1, 0.15) is 86.8 Å². The summed E-state index contributed by atoms with van der Waals surface area (Å²) in [4.78, 5) is 26.7. The van der Waals surface area contributed by atoms with Gasteiger partial charge in [0, 0.05) is 12.3 Å². The molecule has 1 aromatic carbocycles. The first kappa shape index (κ1) is 37.7. The average molecular weight is 673 g/mol. The minimum atomic E-state index is -0.328. The summed E-state index contributed by atoms with van der Waals surface area (Å²) in [6, 6.07) is 2.27. The Balaban J connectivity index is 0.000000430. The van der Waals surface area contributed by atoms with Crippen LogP contribution in [0.15, 0.2) is 15.6 Å². The zero-order valence-electron chi connectivity index (χ0n) is 27.1. The van der Waals surface area contributed by atoms with Gasteiger partial charge in [-0.1, -0.05) is 19.1 Å². The maximum absolute atomic E-state index is 14.9. The quantitative estimate of drug-likeness (QED) is 0.159. The van der Waals surface area contributed by atoms with E-state index in [1.54, 1.807) is 0 Å². The van der Waals surface area contributed by atoms with Crippen LogP contribution in [0.4, 0.5) is 4.39 Å².